The number of benzene rings is 2. The highest BCUT2D eigenvalue weighted by Crippen LogP contribution is 2.20. The molecular weight excluding hydrogens is 546 g/mol. The zero-order chi connectivity index (χ0) is 30.2. The van der Waals surface area contributed by atoms with E-state index in [1.807, 2.05) is 54.6 Å². The molecule has 2 aromatic carbocycles. The minimum Gasteiger partial charge on any atom is -0.356 e. The van der Waals surface area contributed by atoms with Crippen LogP contribution in [-0.2, 0) is 25.6 Å². The van der Waals surface area contributed by atoms with Crippen LogP contribution in [0.3, 0.4) is 0 Å². The van der Waals surface area contributed by atoms with Gasteiger partial charge in [0.1, 0.15) is 11.7 Å². The second-order valence-corrected chi connectivity index (χ2v) is 11.6. The summed E-state index contributed by atoms with van der Waals surface area (Å²) in [6.07, 6.45) is 6.15. The van der Waals surface area contributed by atoms with Gasteiger partial charge in [-0.2, -0.15) is 0 Å². The van der Waals surface area contributed by atoms with Crippen LogP contribution in [0.1, 0.15) is 67.4 Å². The van der Waals surface area contributed by atoms with E-state index in [-0.39, 0.29) is 24.8 Å². The first-order valence-corrected chi connectivity index (χ1v) is 15.2. The van der Waals surface area contributed by atoms with Gasteiger partial charge in [-0.15, -0.1) is 0 Å². The number of piperidine rings is 1. The number of H-pyrrole nitrogens is 1. The average molecular weight is 586 g/mol. The Bertz CT molecular complexity index is 1430. The molecule has 1 saturated heterocycles. The van der Waals surface area contributed by atoms with Crippen molar-refractivity contribution < 1.29 is 24.0 Å². The van der Waals surface area contributed by atoms with E-state index in [0.717, 1.165) is 55.0 Å². The van der Waals surface area contributed by atoms with Crippen LogP contribution in [0.4, 0.5) is 0 Å². The van der Waals surface area contributed by atoms with Crippen LogP contribution in [-0.4, -0.2) is 59.1 Å². The lowest BCUT2D eigenvalue weighted by Crippen LogP contribution is -2.56. The maximum Gasteiger partial charge on any atom is 0.289 e. The Balaban J connectivity index is 1.35. The monoisotopic (exact) mass is 585 g/mol. The predicted octanol–water partition coefficient (Wildman–Crippen LogP) is 2.93. The standard InChI is InChI=1S/C33H39N5O5/c39-29(33(43)35-24-14-5-2-6-15-24)26(20-23-13-9-17-34-30(23)40)37-31(41)27(18-21-10-3-1-4-11-21)38-32(42)28-19-22-12-7-8-16-25(22)36-28/h1,3-4,7-8,10-12,16,19,23-24,26-27,36H,2,5-6,9,13-15,17-18,20H2,(H,34,40)(H,35,43)(H,37,41)(H,38,42)/t23-,26-,27-/m0/s1. The quantitative estimate of drug-likeness (QED) is 0.219. The van der Waals surface area contributed by atoms with Gasteiger partial charge in [0.05, 0.1) is 6.04 Å². The Morgan fingerprint density at radius 1 is 0.837 bits per heavy atom. The van der Waals surface area contributed by atoms with Crippen molar-refractivity contribution in [3.8, 4) is 0 Å². The molecule has 2 heterocycles. The number of para-hydroxylation sites is 1. The molecule has 0 radical (unpaired) electrons. The van der Waals surface area contributed by atoms with Gasteiger partial charge >= 0.3 is 0 Å². The first kappa shape index (κ1) is 30.0. The third-order valence-electron chi connectivity index (χ3n) is 8.40. The van der Waals surface area contributed by atoms with Crippen molar-refractivity contribution >= 4 is 40.3 Å². The van der Waals surface area contributed by atoms with Gasteiger partial charge in [0.25, 0.3) is 11.8 Å². The molecule has 10 heteroatoms. The third kappa shape index (κ3) is 7.88. The second kappa shape index (κ2) is 14.1. The highest BCUT2D eigenvalue weighted by molar-refractivity contribution is 6.38. The molecule has 1 aliphatic carbocycles. The Kier molecular flexibility index (Phi) is 9.86. The molecule has 1 aliphatic heterocycles. The molecule has 2 fully saturated rings. The van der Waals surface area contributed by atoms with Crippen molar-refractivity contribution in [2.24, 2.45) is 5.92 Å². The molecule has 3 atom stereocenters. The summed E-state index contributed by atoms with van der Waals surface area (Å²) in [5.74, 6) is -3.32. The zero-order valence-electron chi connectivity index (χ0n) is 24.2. The van der Waals surface area contributed by atoms with Crippen molar-refractivity contribution in [1.82, 2.24) is 26.3 Å². The number of hydrogen-bond acceptors (Lipinski definition) is 5. The van der Waals surface area contributed by atoms with Gasteiger partial charge in [-0.05, 0) is 49.8 Å². The van der Waals surface area contributed by atoms with Crippen LogP contribution in [0, 0.1) is 5.92 Å². The lowest BCUT2D eigenvalue weighted by atomic mass is 9.89. The Morgan fingerprint density at radius 3 is 2.33 bits per heavy atom. The van der Waals surface area contributed by atoms with Gasteiger partial charge in [0.15, 0.2) is 0 Å². The topological polar surface area (TPSA) is 149 Å². The average Bonchev–Trinajstić information content (AvgIpc) is 3.47. The Labute approximate surface area is 250 Å². The number of carbonyl (C=O) groups excluding carboxylic acids is 5. The summed E-state index contributed by atoms with van der Waals surface area (Å²) >= 11 is 0. The lowest BCUT2D eigenvalue weighted by Gasteiger charge is -2.28. The third-order valence-corrected chi connectivity index (χ3v) is 8.40. The number of rotatable bonds is 11. The number of hydrogen-bond donors (Lipinski definition) is 5. The van der Waals surface area contributed by atoms with E-state index < -0.39 is 41.5 Å². The summed E-state index contributed by atoms with van der Waals surface area (Å²) in [5.41, 5.74) is 1.90. The molecule has 5 rings (SSSR count). The molecule has 0 unspecified atom stereocenters. The molecule has 3 aromatic rings. The van der Waals surface area contributed by atoms with Crippen LogP contribution in [0.25, 0.3) is 10.9 Å². The van der Waals surface area contributed by atoms with Gasteiger partial charge in [-0.1, -0.05) is 67.8 Å². The van der Waals surface area contributed by atoms with Crippen molar-refractivity contribution in [3.05, 3.63) is 71.9 Å². The van der Waals surface area contributed by atoms with E-state index in [1.54, 1.807) is 6.07 Å². The van der Waals surface area contributed by atoms with Gasteiger partial charge in [-0.25, -0.2) is 0 Å². The molecular formula is C33H39N5O5. The summed E-state index contributed by atoms with van der Waals surface area (Å²) < 4.78 is 0. The minimum absolute atomic E-state index is 0.00249. The molecule has 1 aromatic heterocycles. The van der Waals surface area contributed by atoms with Crippen LogP contribution in [0.15, 0.2) is 60.7 Å². The predicted molar refractivity (Wildman–Crippen MR) is 162 cm³/mol. The van der Waals surface area contributed by atoms with Crippen LogP contribution in [0.2, 0.25) is 0 Å². The summed E-state index contributed by atoms with van der Waals surface area (Å²) in [5, 5.41) is 12.1. The highest BCUT2D eigenvalue weighted by atomic mass is 16.2. The number of aromatic amines is 1. The maximum absolute atomic E-state index is 13.8. The van der Waals surface area contributed by atoms with Gasteiger partial charge in [0, 0.05) is 35.8 Å². The smallest absolute Gasteiger partial charge is 0.289 e. The van der Waals surface area contributed by atoms with E-state index in [0.29, 0.717) is 18.7 Å². The van der Waals surface area contributed by atoms with Gasteiger partial charge in [-0.3, -0.25) is 24.0 Å². The number of fused-ring (bicyclic) bond motifs is 1. The fraction of sp³-hybridized carbons (Fsp3) is 0.424. The first-order valence-electron chi connectivity index (χ1n) is 15.2. The van der Waals surface area contributed by atoms with Gasteiger partial charge < -0.3 is 26.3 Å². The Hall–Kier alpha value is -4.47. The number of carbonyl (C=O) groups is 5. The van der Waals surface area contributed by atoms with Crippen molar-refractivity contribution in [3.63, 3.8) is 0 Å². The van der Waals surface area contributed by atoms with Crippen molar-refractivity contribution in [1.29, 1.82) is 0 Å². The highest BCUT2D eigenvalue weighted by Gasteiger charge is 2.35. The Morgan fingerprint density at radius 2 is 1.58 bits per heavy atom. The summed E-state index contributed by atoms with van der Waals surface area (Å²) in [4.78, 5) is 69.4. The summed E-state index contributed by atoms with van der Waals surface area (Å²) in [6, 6.07) is 16.1. The molecule has 0 bridgehead atoms. The van der Waals surface area contributed by atoms with Crippen LogP contribution < -0.4 is 21.3 Å². The van der Waals surface area contributed by atoms with Crippen LogP contribution >= 0.6 is 0 Å². The van der Waals surface area contributed by atoms with E-state index in [2.05, 4.69) is 26.3 Å². The van der Waals surface area contributed by atoms with E-state index in [1.165, 1.54) is 0 Å². The normalized spacial score (nSPS) is 18.7. The SMILES string of the molecule is O=C(NC1CCCCC1)C(=O)[C@H](C[C@@H]1CCCNC1=O)NC(=O)[C@H](Cc1ccccc1)NC(=O)c1cc2ccccc2[nH]1. The minimum atomic E-state index is -1.21. The summed E-state index contributed by atoms with van der Waals surface area (Å²) in [7, 11) is 0. The number of nitrogens with one attached hydrogen (secondary N) is 5. The van der Waals surface area contributed by atoms with E-state index in [9.17, 15) is 24.0 Å². The molecule has 0 spiro atoms. The van der Waals surface area contributed by atoms with Crippen molar-refractivity contribution in [2.75, 3.05) is 6.54 Å². The largest absolute Gasteiger partial charge is 0.356 e. The maximum atomic E-state index is 13.8. The molecule has 226 valence electrons. The number of Topliss-reactive ketones (excluding diaryl/α,β-unsaturated/α-hetero) is 1. The molecule has 1 saturated carbocycles. The number of aromatic nitrogens is 1. The van der Waals surface area contributed by atoms with Crippen molar-refractivity contribution in [2.45, 2.75) is 75.9 Å². The fourth-order valence-corrected chi connectivity index (χ4v) is 6.00. The second-order valence-electron chi connectivity index (χ2n) is 11.6. The number of amides is 4. The molecule has 5 N–H and O–H groups in total. The summed E-state index contributed by atoms with van der Waals surface area (Å²) in [6.45, 7) is 0.557. The number of ketones is 1. The van der Waals surface area contributed by atoms with Crippen LogP contribution in [0.5, 0.6) is 0 Å². The molecule has 2 aliphatic rings. The van der Waals surface area contributed by atoms with E-state index >= 15 is 0 Å². The fourth-order valence-electron chi connectivity index (χ4n) is 6.00. The first-order chi connectivity index (χ1) is 20.9. The zero-order valence-corrected chi connectivity index (χ0v) is 24.2. The van der Waals surface area contributed by atoms with E-state index in [4.69, 9.17) is 0 Å². The lowest BCUT2D eigenvalue weighted by molar-refractivity contribution is -0.141. The molecule has 4 amide bonds. The molecule has 43 heavy (non-hydrogen) atoms. The van der Waals surface area contributed by atoms with Gasteiger partial charge in [0.2, 0.25) is 17.6 Å². The molecule has 10 nitrogen and oxygen atoms in total.